The second-order valence-electron chi connectivity index (χ2n) is 4.23. The number of fused-ring (bicyclic) bond motifs is 1. The second-order valence-corrected chi connectivity index (χ2v) is 4.67. The van der Waals surface area contributed by atoms with Crippen molar-refractivity contribution in [3.63, 3.8) is 0 Å². The van der Waals surface area contributed by atoms with Gasteiger partial charge in [0.1, 0.15) is 0 Å². The number of hydrogen-bond donors (Lipinski definition) is 1. The molecule has 0 aliphatic heterocycles. The van der Waals surface area contributed by atoms with Crippen LogP contribution in [0.25, 0.3) is 10.9 Å². The molecular weight excluding hydrogens is 248 g/mol. The van der Waals surface area contributed by atoms with Crippen LogP contribution < -0.4 is 0 Å². The van der Waals surface area contributed by atoms with E-state index in [2.05, 4.69) is 16.8 Å². The third-order valence-corrected chi connectivity index (χ3v) is 3.22. The molecule has 1 aromatic heterocycles. The highest BCUT2D eigenvalue weighted by Crippen LogP contribution is 2.23. The van der Waals surface area contributed by atoms with Crippen LogP contribution in [0.15, 0.2) is 30.5 Å². The van der Waals surface area contributed by atoms with Crippen molar-refractivity contribution in [3.8, 4) is 0 Å². The summed E-state index contributed by atoms with van der Waals surface area (Å²) in [5, 5.41) is 10.8. The molecule has 0 atom stereocenters. The van der Waals surface area contributed by atoms with Gasteiger partial charge in [0.25, 0.3) is 0 Å². The number of rotatable bonds is 5. The summed E-state index contributed by atoms with van der Waals surface area (Å²) in [6.07, 6.45) is 1.79. The molecule has 2 aromatic rings. The number of hydrogen-bond acceptors (Lipinski definition) is 3. The summed E-state index contributed by atoms with van der Waals surface area (Å²) in [7, 11) is 0. The van der Waals surface area contributed by atoms with Crippen molar-refractivity contribution in [1.82, 2.24) is 9.88 Å². The number of likely N-dealkylation sites (N-methyl/N-ethyl adjacent to an activating group) is 1. The molecule has 0 fully saturated rings. The number of benzene rings is 1. The quantitative estimate of drug-likeness (QED) is 0.902. The molecule has 0 aliphatic carbocycles. The van der Waals surface area contributed by atoms with Gasteiger partial charge in [-0.3, -0.25) is 9.88 Å². The Morgan fingerprint density at radius 1 is 1.39 bits per heavy atom. The molecule has 0 radical (unpaired) electrons. The van der Waals surface area contributed by atoms with Crippen LogP contribution in [0, 0.1) is 0 Å². The third-order valence-electron chi connectivity index (χ3n) is 3.01. The number of nitrogens with zero attached hydrogens (tertiary/aromatic N) is 2. The lowest BCUT2D eigenvalue weighted by Gasteiger charge is -2.20. The Morgan fingerprint density at radius 2 is 2.22 bits per heavy atom. The second kappa shape index (κ2) is 6.14. The summed E-state index contributed by atoms with van der Waals surface area (Å²) < 4.78 is 0. The van der Waals surface area contributed by atoms with Gasteiger partial charge in [-0.15, -0.1) is 0 Å². The molecule has 1 N–H and O–H groups in total. The molecule has 4 heteroatoms. The Morgan fingerprint density at radius 3 is 2.94 bits per heavy atom. The molecule has 0 unspecified atom stereocenters. The van der Waals surface area contributed by atoms with Crippen LogP contribution in [-0.2, 0) is 6.54 Å². The third kappa shape index (κ3) is 2.99. The molecule has 2 rings (SSSR count). The van der Waals surface area contributed by atoms with Gasteiger partial charge in [0, 0.05) is 29.7 Å². The number of aliphatic hydroxyl groups is 1. The zero-order valence-corrected chi connectivity index (χ0v) is 11.2. The van der Waals surface area contributed by atoms with Gasteiger partial charge in [-0.1, -0.05) is 24.6 Å². The van der Waals surface area contributed by atoms with Crippen LogP contribution in [0.3, 0.4) is 0 Å². The Kier molecular flexibility index (Phi) is 4.53. The summed E-state index contributed by atoms with van der Waals surface area (Å²) in [6.45, 7) is 4.56. The summed E-state index contributed by atoms with van der Waals surface area (Å²) in [4.78, 5) is 6.59. The van der Waals surface area contributed by atoms with E-state index in [0.29, 0.717) is 6.54 Å². The average Bonchev–Trinajstić information content (AvgIpc) is 2.38. The average molecular weight is 265 g/mol. The molecular formula is C14H17ClN2O. The first-order chi connectivity index (χ1) is 8.74. The highest BCUT2D eigenvalue weighted by molar-refractivity contribution is 6.31. The van der Waals surface area contributed by atoms with E-state index in [1.54, 1.807) is 6.20 Å². The molecule has 0 spiro atoms. The SMILES string of the molecule is CCN(CCO)Cc1cc(Cl)cc2cccnc12. The Balaban J connectivity index is 2.37. The van der Waals surface area contributed by atoms with Gasteiger partial charge in [0.2, 0.25) is 0 Å². The van der Waals surface area contributed by atoms with E-state index in [-0.39, 0.29) is 6.61 Å². The summed E-state index contributed by atoms with van der Waals surface area (Å²) in [5.74, 6) is 0. The smallest absolute Gasteiger partial charge is 0.0747 e. The fourth-order valence-electron chi connectivity index (χ4n) is 2.08. The van der Waals surface area contributed by atoms with Gasteiger partial charge in [0.15, 0.2) is 0 Å². The highest BCUT2D eigenvalue weighted by atomic mass is 35.5. The van der Waals surface area contributed by atoms with Crippen molar-refractivity contribution in [1.29, 1.82) is 0 Å². The lowest BCUT2D eigenvalue weighted by molar-refractivity contribution is 0.197. The maximum atomic E-state index is 9.03. The number of aromatic nitrogens is 1. The largest absolute Gasteiger partial charge is 0.395 e. The number of pyridine rings is 1. The molecule has 1 heterocycles. The van der Waals surface area contributed by atoms with Gasteiger partial charge in [0.05, 0.1) is 12.1 Å². The minimum Gasteiger partial charge on any atom is -0.395 e. The predicted octanol–water partition coefficient (Wildman–Crippen LogP) is 2.70. The van der Waals surface area contributed by atoms with Crippen LogP contribution in [0.1, 0.15) is 12.5 Å². The molecule has 0 saturated heterocycles. The van der Waals surface area contributed by atoms with Gasteiger partial charge in [-0.2, -0.15) is 0 Å². The van der Waals surface area contributed by atoms with E-state index >= 15 is 0 Å². The van der Waals surface area contributed by atoms with E-state index in [4.69, 9.17) is 16.7 Å². The van der Waals surface area contributed by atoms with Crippen molar-refractivity contribution < 1.29 is 5.11 Å². The molecule has 0 saturated carbocycles. The Labute approximate surface area is 112 Å². The van der Waals surface area contributed by atoms with Gasteiger partial charge >= 0.3 is 0 Å². The fourth-order valence-corrected chi connectivity index (χ4v) is 2.33. The van der Waals surface area contributed by atoms with E-state index < -0.39 is 0 Å². The minimum absolute atomic E-state index is 0.166. The first kappa shape index (κ1) is 13.3. The lowest BCUT2D eigenvalue weighted by Crippen LogP contribution is -2.26. The molecule has 0 bridgehead atoms. The van der Waals surface area contributed by atoms with Crippen LogP contribution in [0.4, 0.5) is 0 Å². The van der Waals surface area contributed by atoms with E-state index in [9.17, 15) is 0 Å². The highest BCUT2D eigenvalue weighted by Gasteiger charge is 2.08. The van der Waals surface area contributed by atoms with Crippen LogP contribution in [-0.4, -0.2) is 34.7 Å². The van der Waals surface area contributed by atoms with Crippen LogP contribution in [0.2, 0.25) is 5.02 Å². The van der Waals surface area contributed by atoms with Crippen molar-refractivity contribution in [2.45, 2.75) is 13.5 Å². The van der Waals surface area contributed by atoms with Gasteiger partial charge in [-0.25, -0.2) is 0 Å². The van der Waals surface area contributed by atoms with E-state index in [1.165, 1.54) is 0 Å². The number of aliphatic hydroxyl groups excluding tert-OH is 1. The fraction of sp³-hybridized carbons (Fsp3) is 0.357. The van der Waals surface area contributed by atoms with Gasteiger partial charge in [-0.05, 0) is 30.3 Å². The molecule has 3 nitrogen and oxygen atoms in total. The minimum atomic E-state index is 0.166. The first-order valence-corrected chi connectivity index (χ1v) is 6.48. The molecule has 96 valence electrons. The van der Waals surface area contributed by atoms with E-state index in [1.807, 2.05) is 24.3 Å². The Bertz CT molecular complexity index is 530. The lowest BCUT2D eigenvalue weighted by atomic mass is 10.1. The number of halogens is 1. The zero-order valence-electron chi connectivity index (χ0n) is 10.4. The zero-order chi connectivity index (χ0) is 13.0. The predicted molar refractivity (Wildman–Crippen MR) is 74.8 cm³/mol. The first-order valence-electron chi connectivity index (χ1n) is 6.11. The summed E-state index contributed by atoms with van der Waals surface area (Å²) >= 11 is 6.13. The molecule has 18 heavy (non-hydrogen) atoms. The summed E-state index contributed by atoms with van der Waals surface area (Å²) in [6, 6.07) is 7.81. The standard InChI is InChI=1S/C14H17ClN2O/c1-2-17(6-7-18)10-12-9-13(15)8-11-4-3-5-16-14(11)12/h3-5,8-9,18H,2,6-7,10H2,1H3. The van der Waals surface area contributed by atoms with Crippen LogP contribution in [0.5, 0.6) is 0 Å². The molecule has 1 aromatic carbocycles. The Hall–Kier alpha value is -1.16. The molecule has 0 aliphatic rings. The van der Waals surface area contributed by atoms with Crippen molar-refractivity contribution in [2.24, 2.45) is 0 Å². The van der Waals surface area contributed by atoms with Crippen LogP contribution >= 0.6 is 11.6 Å². The summed E-state index contributed by atoms with van der Waals surface area (Å²) in [5.41, 5.74) is 2.09. The van der Waals surface area contributed by atoms with E-state index in [0.717, 1.165) is 34.6 Å². The van der Waals surface area contributed by atoms with Crippen molar-refractivity contribution in [3.05, 3.63) is 41.0 Å². The van der Waals surface area contributed by atoms with Gasteiger partial charge < -0.3 is 5.11 Å². The maximum Gasteiger partial charge on any atom is 0.0747 e. The monoisotopic (exact) mass is 264 g/mol. The normalized spacial score (nSPS) is 11.3. The topological polar surface area (TPSA) is 36.4 Å². The van der Waals surface area contributed by atoms with Crippen molar-refractivity contribution >= 4 is 22.5 Å². The molecule has 0 amide bonds. The maximum absolute atomic E-state index is 9.03. The van der Waals surface area contributed by atoms with Crippen molar-refractivity contribution in [2.75, 3.05) is 19.7 Å².